The highest BCUT2D eigenvalue weighted by molar-refractivity contribution is 9.10. The quantitative estimate of drug-likeness (QED) is 0.500. The molecule has 1 unspecified atom stereocenters. The van der Waals surface area contributed by atoms with Crippen molar-refractivity contribution in [3.63, 3.8) is 0 Å². The van der Waals surface area contributed by atoms with Gasteiger partial charge in [0.05, 0.1) is 4.92 Å². The minimum atomic E-state index is -0.398. The SMILES string of the molecule is CC(Nc1cc(Br)ccc1[N+](=O)[O-])c1ccc(N)cc1. The summed E-state index contributed by atoms with van der Waals surface area (Å²) < 4.78 is 0.787. The molecule has 2 aromatic carbocycles. The average Bonchev–Trinajstić information content (AvgIpc) is 2.39. The van der Waals surface area contributed by atoms with Crippen molar-refractivity contribution >= 4 is 33.0 Å². The lowest BCUT2D eigenvalue weighted by molar-refractivity contribution is -0.384. The third-order valence-corrected chi connectivity index (χ3v) is 3.46. The molecule has 0 aromatic heterocycles. The highest BCUT2D eigenvalue weighted by Gasteiger charge is 2.16. The maximum absolute atomic E-state index is 11.0. The molecule has 0 saturated carbocycles. The standard InChI is InChI=1S/C14H14BrN3O2/c1-9(10-2-5-12(16)6-3-10)17-13-8-11(15)4-7-14(13)18(19)20/h2-9,17H,16H2,1H3. The van der Waals surface area contributed by atoms with Crippen LogP contribution >= 0.6 is 15.9 Å². The van der Waals surface area contributed by atoms with Gasteiger partial charge in [-0.05, 0) is 36.8 Å². The van der Waals surface area contributed by atoms with Crippen LogP contribution in [0.5, 0.6) is 0 Å². The first-order valence-electron chi connectivity index (χ1n) is 6.03. The predicted octanol–water partition coefficient (Wildman–Crippen LogP) is 4.11. The summed E-state index contributed by atoms with van der Waals surface area (Å²) in [5.41, 5.74) is 7.88. The third kappa shape index (κ3) is 3.27. The molecular weight excluding hydrogens is 322 g/mol. The second-order valence-corrected chi connectivity index (χ2v) is 5.37. The number of nitrogen functional groups attached to an aromatic ring is 1. The Hall–Kier alpha value is -2.08. The molecule has 0 saturated heterocycles. The van der Waals surface area contributed by atoms with Crippen molar-refractivity contribution in [3.05, 3.63) is 62.6 Å². The summed E-state index contributed by atoms with van der Waals surface area (Å²) in [6.07, 6.45) is 0. The first kappa shape index (κ1) is 14.3. The average molecular weight is 336 g/mol. The van der Waals surface area contributed by atoms with Gasteiger partial charge in [0.15, 0.2) is 0 Å². The van der Waals surface area contributed by atoms with E-state index in [0.29, 0.717) is 11.4 Å². The second kappa shape index (κ2) is 5.92. The van der Waals surface area contributed by atoms with E-state index in [-0.39, 0.29) is 11.7 Å². The molecule has 0 aliphatic carbocycles. The molecule has 0 fully saturated rings. The molecule has 0 bridgehead atoms. The molecule has 2 aromatic rings. The van der Waals surface area contributed by atoms with Gasteiger partial charge in [-0.25, -0.2) is 0 Å². The van der Waals surface area contributed by atoms with Crippen LogP contribution in [0.25, 0.3) is 0 Å². The Labute approximate surface area is 125 Å². The van der Waals surface area contributed by atoms with Crippen LogP contribution in [-0.4, -0.2) is 4.92 Å². The molecule has 20 heavy (non-hydrogen) atoms. The van der Waals surface area contributed by atoms with Crippen LogP contribution in [-0.2, 0) is 0 Å². The molecule has 2 rings (SSSR count). The van der Waals surface area contributed by atoms with Crippen molar-refractivity contribution in [2.75, 3.05) is 11.1 Å². The Kier molecular flexibility index (Phi) is 4.24. The van der Waals surface area contributed by atoms with Gasteiger partial charge in [-0.2, -0.15) is 0 Å². The van der Waals surface area contributed by atoms with E-state index < -0.39 is 4.92 Å². The largest absolute Gasteiger partial charge is 0.399 e. The van der Waals surface area contributed by atoms with E-state index in [0.717, 1.165) is 10.0 Å². The zero-order chi connectivity index (χ0) is 14.7. The maximum Gasteiger partial charge on any atom is 0.292 e. The fraction of sp³-hybridized carbons (Fsp3) is 0.143. The van der Waals surface area contributed by atoms with Crippen LogP contribution in [0, 0.1) is 10.1 Å². The fourth-order valence-electron chi connectivity index (χ4n) is 1.88. The van der Waals surface area contributed by atoms with Gasteiger partial charge in [-0.1, -0.05) is 28.1 Å². The van der Waals surface area contributed by atoms with Crippen molar-refractivity contribution in [3.8, 4) is 0 Å². The number of nitrogens with zero attached hydrogens (tertiary/aromatic N) is 1. The number of nitrogens with two attached hydrogens (primary N) is 1. The van der Waals surface area contributed by atoms with E-state index in [1.165, 1.54) is 6.07 Å². The summed E-state index contributed by atoms with van der Waals surface area (Å²) in [7, 11) is 0. The highest BCUT2D eigenvalue weighted by atomic mass is 79.9. The number of nitro groups is 1. The van der Waals surface area contributed by atoms with Gasteiger partial charge in [0.1, 0.15) is 5.69 Å². The highest BCUT2D eigenvalue weighted by Crippen LogP contribution is 2.31. The minimum Gasteiger partial charge on any atom is -0.399 e. The molecule has 0 radical (unpaired) electrons. The lowest BCUT2D eigenvalue weighted by Gasteiger charge is -2.16. The number of benzene rings is 2. The fourth-order valence-corrected chi connectivity index (χ4v) is 2.25. The molecule has 6 heteroatoms. The van der Waals surface area contributed by atoms with Crippen molar-refractivity contribution in [2.24, 2.45) is 0 Å². The van der Waals surface area contributed by atoms with E-state index in [2.05, 4.69) is 21.2 Å². The van der Waals surface area contributed by atoms with Crippen molar-refractivity contribution in [1.29, 1.82) is 0 Å². The summed E-state index contributed by atoms with van der Waals surface area (Å²) >= 11 is 3.32. The minimum absolute atomic E-state index is 0.0514. The van der Waals surface area contributed by atoms with Gasteiger partial charge >= 0.3 is 0 Å². The Balaban J connectivity index is 2.27. The van der Waals surface area contributed by atoms with Crippen LogP contribution in [0.2, 0.25) is 0 Å². The summed E-state index contributed by atoms with van der Waals surface area (Å²) in [5.74, 6) is 0. The summed E-state index contributed by atoms with van der Waals surface area (Å²) in [4.78, 5) is 10.6. The third-order valence-electron chi connectivity index (χ3n) is 2.96. The molecule has 0 spiro atoms. The number of hydrogen-bond acceptors (Lipinski definition) is 4. The number of rotatable bonds is 4. The van der Waals surface area contributed by atoms with Gasteiger partial charge in [0, 0.05) is 22.3 Å². The summed E-state index contributed by atoms with van der Waals surface area (Å²) in [6.45, 7) is 1.94. The lowest BCUT2D eigenvalue weighted by atomic mass is 10.1. The van der Waals surface area contributed by atoms with Crippen LogP contribution in [0.1, 0.15) is 18.5 Å². The molecule has 0 amide bonds. The summed E-state index contributed by atoms with van der Waals surface area (Å²) in [6, 6.07) is 12.2. The van der Waals surface area contributed by atoms with Gasteiger partial charge in [-0.3, -0.25) is 10.1 Å². The summed E-state index contributed by atoms with van der Waals surface area (Å²) in [5, 5.41) is 14.2. The molecular formula is C14H14BrN3O2. The zero-order valence-corrected chi connectivity index (χ0v) is 12.4. The van der Waals surface area contributed by atoms with Gasteiger partial charge in [0.25, 0.3) is 5.69 Å². The van der Waals surface area contributed by atoms with Gasteiger partial charge < -0.3 is 11.1 Å². The van der Waals surface area contributed by atoms with Gasteiger partial charge in [-0.15, -0.1) is 0 Å². The lowest BCUT2D eigenvalue weighted by Crippen LogP contribution is -2.08. The predicted molar refractivity (Wildman–Crippen MR) is 83.7 cm³/mol. The van der Waals surface area contributed by atoms with E-state index in [4.69, 9.17) is 5.73 Å². The van der Waals surface area contributed by atoms with Gasteiger partial charge in [0.2, 0.25) is 0 Å². The molecule has 0 aliphatic heterocycles. The number of anilines is 2. The van der Waals surface area contributed by atoms with E-state index in [1.54, 1.807) is 12.1 Å². The second-order valence-electron chi connectivity index (χ2n) is 4.45. The van der Waals surface area contributed by atoms with E-state index in [1.807, 2.05) is 31.2 Å². The first-order chi connectivity index (χ1) is 9.47. The van der Waals surface area contributed by atoms with Crippen LogP contribution in [0.3, 0.4) is 0 Å². The van der Waals surface area contributed by atoms with Crippen LogP contribution < -0.4 is 11.1 Å². The monoisotopic (exact) mass is 335 g/mol. The first-order valence-corrected chi connectivity index (χ1v) is 6.82. The smallest absolute Gasteiger partial charge is 0.292 e. The maximum atomic E-state index is 11.0. The Morgan fingerprint density at radius 3 is 2.50 bits per heavy atom. The molecule has 5 nitrogen and oxygen atoms in total. The van der Waals surface area contributed by atoms with Crippen molar-refractivity contribution in [2.45, 2.75) is 13.0 Å². The number of nitrogens with one attached hydrogen (secondary N) is 1. The Bertz CT molecular complexity index is 629. The molecule has 0 heterocycles. The Morgan fingerprint density at radius 2 is 1.90 bits per heavy atom. The number of hydrogen-bond donors (Lipinski definition) is 2. The van der Waals surface area contributed by atoms with Crippen LogP contribution in [0.4, 0.5) is 17.1 Å². The molecule has 1 atom stereocenters. The van der Waals surface area contributed by atoms with Crippen molar-refractivity contribution in [1.82, 2.24) is 0 Å². The number of nitro benzene ring substituents is 1. The van der Waals surface area contributed by atoms with E-state index >= 15 is 0 Å². The zero-order valence-electron chi connectivity index (χ0n) is 10.8. The van der Waals surface area contributed by atoms with Crippen LogP contribution in [0.15, 0.2) is 46.9 Å². The molecule has 104 valence electrons. The molecule has 3 N–H and O–H groups in total. The Morgan fingerprint density at radius 1 is 1.25 bits per heavy atom. The molecule has 0 aliphatic rings. The topological polar surface area (TPSA) is 81.2 Å². The number of halogens is 1. The normalized spacial score (nSPS) is 11.9. The van der Waals surface area contributed by atoms with Crippen molar-refractivity contribution < 1.29 is 4.92 Å². The van der Waals surface area contributed by atoms with E-state index in [9.17, 15) is 10.1 Å².